The fourth-order valence-electron chi connectivity index (χ4n) is 3.36. The summed E-state index contributed by atoms with van der Waals surface area (Å²) in [6.45, 7) is -0.199. The molecule has 2 saturated heterocycles. The maximum Gasteiger partial charge on any atom is 0.184 e. The summed E-state index contributed by atoms with van der Waals surface area (Å²) in [6, 6.07) is 14.1. The first kappa shape index (κ1) is 20.1. The third kappa shape index (κ3) is 4.20. The van der Waals surface area contributed by atoms with Gasteiger partial charge in [-0.2, -0.15) is 0 Å². The minimum Gasteiger partial charge on any atom is -0.394 e. The van der Waals surface area contributed by atoms with Crippen LogP contribution in [0.1, 0.15) is 23.7 Å². The van der Waals surface area contributed by atoms with Gasteiger partial charge in [0.2, 0.25) is 0 Å². The van der Waals surface area contributed by atoms with E-state index in [1.807, 2.05) is 0 Å². The number of hydrogen-bond acceptors (Lipinski definition) is 6. The Labute approximate surface area is 172 Å². The smallest absolute Gasteiger partial charge is 0.184 e. The lowest BCUT2D eigenvalue weighted by Crippen LogP contribution is -2.51. The first-order chi connectivity index (χ1) is 13.5. The standard InChI is InChI=1S/C20H20Cl2O6/c21-13-5-1-11(2-6-13)19-25-10-15(24)17(27-19)18-16(9-23)26-20(28-18)12-3-7-14(22)8-4-12/h1-8,15-20,23-24H,9-10H2/t15-,16+,17-,18-,19?,20?/m0/s1. The zero-order valence-corrected chi connectivity index (χ0v) is 16.3. The summed E-state index contributed by atoms with van der Waals surface area (Å²) in [5.74, 6) is 0. The van der Waals surface area contributed by atoms with Crippen LogP contribution in [0.2, 0.25) is 10.0 Å². The summed E-state index contributed by atoms with van der Waals surface area (Å²) in [5.41, 5.74) is 1.54. The van der Waals surface area contributed by atoms with E-state index in [4.69, 9.17) is 42.1 Å². The molecule has 2 aliphatic rings. The summed E-state index contributed by atoms with van der Waals surface area (Å²) in [7, 11) is 0. The molecule has 0 radical (unpaired) electrons. The minimum atomic E-state index is -0.921. The first-order valence-electron chi connectivity index (χ1n) is 8.93. The van der Waals surface area contributed by atoms with Crippen molar-refractivity contribution in [1.29, 1.82) is 0 Å². The van der Waals surface area contributed by atoms with Gasteiger partial charge >= 0.3 is 0 Å². The third-order valence-electron chi connectivity index (χ3n) is 4.81. The van der Waals surface area contributed by atoms with Gasteiger partial charge in [-0.15, -0.1) is 0 Å². The maximum absolute atomic E-state index is 10.4. The topological polar surface area (TPSA) is 77.4 Å². The highest BCUT2D eigenvalue weighted by molar-refractivity contribution is 6.30. The maximum atomic E-state index is 10.4. The van der Waals surface area contributed by atoms with Crippen molar-refractivity contribution in [3.63, 3.8) is 0 Å². The molecule has 6 nitrogen and oxygen atoms in total. The average Bonchev–Trinajstić information content (AvgIpc) is 3.14. The van der Waals surface area contributed by atoms with Crippen molar-refractivity contribution >= 4 is 23.2 Å². The Balaban J connectivity index is 1.51. The number of hydrogen-bond donors (Lipinski definition) is 2. The number of aliphatic hydroxyl groups is 2. The highest BCUT2D eigenvalue weighted by Crippen LogP contribution is 2.38. The Morgan fingerprint density at radius 1 is 0.786 bits per heavy atom. The Bertz CT molecular complexity index is 741. The second kappa shape index (κ2) is 8.65. The Morgan fingerprint density at radius 2 is 1.32 bits per heavy atom. The first-order valence-corrected chi connectivity index (χ1v) is 9.68. The number of halogens is 2. The molecule has 2 aliphatic heterocycles. The van der Waals surface area contributed by atoms with Crippen molar-refractivity contribution in [1.82, 2.24) is 0 Å². The normalized spacial score (nSPS) is 33.1. The van der Waals surface area contributed by atoms with Crippen LogP contribution in [0.4, 0.5) is 0 Å². The summed E-state index contributed by atoms with van der Waals surface area (Å²) in [5, 5.41) is 21.4. The monoisotopic (exact) mass is 426 g/mol. The van der Waals surface area contributed by atoms with Gasteiger partial charge in [-0.25, -0.2) is 0 Å². The van der Waals surface area contributed by atoms with Crippen molar-refractivity contribution in [2.45, 2.75) is 37.0 Å². The van der Waals surface area contributed by atoms with Crippen LogP contribution in [0, 0.1) is 0 Å². The molecule has 0 amide bonds. The van der Waals surface area contributed by atoms with Gasteiger partial charge in [0, 0.05) is 21.2 Å². The molecular weight excluding hydrogens is 407 g/mol. The quantitative estimate of drug-likeness (QED) is 0.781. The largest absolute Gasteiger partial charge is 0.394 e. The Kier molecular flexibility index (Phi) is 6.20. The van der Waals surface area contributed by atoms with Gasteiger partial charge < -0.3 is 29.2 Å². The van der Waals surface area contributed by atoms with Gasteiger partial charge in [-0.3, -0.25) is 0 Å². The number of ether oxygens (including phenoxy) is 4. The predicted octanol–water partition coefficient (Wildman–Crippen LogP) is 3.24. The molecule has 2 fully saturated rings. The molecule has 8 heteroatoms. The zero-order valence-electron chi connectivity index (χ0n) is 14.8. The second-order valence-electron chi connectivity index (χ2n) is 6.73. The summed E-state index contributed by atoms with van der Waals surface area (Å²) in [6.07, 6.45) is -4.34. The number of rotatable bonds is 4. The van der Waals surface area contributed by atoms with Crippen LogP contribution in [-0.4, -0.2) is 47.8 Å². The van der Waals surface area contributed by atoms with Gasteiger partial charge in [-0.05, 0) is 24.3 Å². The molecule has 0 aliphatic carbocycles. The fourth-order valence-corrected chi connectivity index (χ4v) is 3.61. The number of benzene rings is 2. The molecule has 2 aromatic carbocycles. The van der Waals surface area contributed by atoms with E-state index < -0.39 is 37.0 Å². The molecule has 0 bridgehead atoms. The lowest BCUT2D eigenvalue weighted by molar-refractivity contribution is -0.279. The Morgan fingerprint density at radius 3 is 1.89 bits per heavy atom. The van der Waals surface area contributed by atoms with Crippen LogP contribution in [0.15, 0.2) is 48.5 Å². The third-order valence-corrected chi connectivity index (χ3v) is 5.32. The average molecular weight is 427 g/mol. The van der Waals surface area contributed by atoms with E-state index in [-0.39, 0.29) is 13.2 Å². The van der Waals surface area contributed by atoms with Gasteiger partial charge in [-0.1, -0.05) is 47.5 Å². The van der Waals surface area contributed by atoms with E-state index in [1.54, 1.807) is 48.5 Å². The van der Waals surface area contributed by atoms with E-state index in [0.717, 1.165) is 11.1 Å². The van der Waals surface area contributed by atoms with Crippen LogP contribution in [-0.2, 0) is 18.9 Å². The highest BCUT2D eigenvalue weighted by Gasteiger charge is 2.47. The second-order valence-corrected chi connectivity index (χ2v) is 7.60. The lowest BCUT2D eigenvalue weighted by atomic mass is 10.0. The van der Waals surface area contributed by atoms with Crippen molar-refractivity contribution in [2.24, 2.45) is 0 Å². The van der Waals surface area contributed by atoms with Crippen molar-refractivity contribution < 1.29 is 29.2 Å². The molecule has 28 heavy (non-hydrogen) atoms. The molecule has 2 unspecified atom stereocenters. The van der Waals surface area contributed by atoms with Crippen molar-refractivity contribution in [3.8, 4) is 0 Å². The molecule has 2 aromatic rings. The molecule has 0 spiro atoms. The molecule has 6 atom stereocenters. The van der Waals surface area contributed by atoms with Crippen LogP contribution >= 0.6 is 23.2 Å². The van der Waals surface area contributed by atoms with Crippen LogP contribution in [0.3, 0.4) is 0 Å². The zero-order chi connectivity index (χ0) is 19.7. The molecule has 4 rings (SSSR count). The fraction of sp³-hybridized carbons (Fsp3) is 0.400. The van der Waals surface area contributed by atoms with Gasteiger partial charge in [0.25, 0.3) is 0 Å². The predicted molar refractivity (Wildman–Crippen MR) is 102 cm³/mol. The SMILES string of the molecule is OC[C@H]1OC(c2ccc(Cl)cc2)O[C@@H]1[C@H]1OC(c2ccc(Cl)cc2)OC[C@@H]1O. The number of aliphatic hydroxyl groups excluding tert-OH is 2. The molecule has 0 aromatic heterocycles. The van der Waals surface area contributed by atoms with Gasteiger partial charge in [0.15, 0.2) is 12.6 Å². The molecule has 0 saturated carbocycles. The Hall–Kier alpha value is -1.22. The molecular formula is C20H20Cl2O6. The van der Waals surface area contributed by atoms with Crippen LogP contribution in [0.25, 0.3) is 0 Å². The summed E-state index contributed by atoms with van der Waals surface area (Å²) < 4.78 is 23.5. The van der Waals surface area contributed by atoms with Gasteiger partial charge in [0.05, 0.1) is 13.2 Å². The molecule has 150 valence electrons. The van der Waals surface area contributed by atoms with E-state index in [9.17, 15) is 10.2 Å². The van der Waals surface area contributed by atoms with Crippen molar-refractivity contribution in [3.05, 3.63) is 69.7 Å². The van der Waals surface area contributed by atoms with E-state index in [0.29, 0.717) is 10.0 Å². The van der Waals surface area contributed by atoms with Crippen molar-refractivity contribution in [2.75, 3.05) is 13.2 Å². The van der Waals surface area contributed by atoms with E-state index in [1.165, 1.54) is 0 Å². The highest BCUT2D eigenvalue weighted by atomic mass is 35.5. The summed E-state index contributed by atoms with van der Waals surface area (Å²) in [4.78, 5) is 0. The molecule has 2 N–H and O–H groups in total. The lowest BCUT2D eigenvalue weighted by Gasteiger charge is -2.37. The van der Waals surface area contributed by atoms with Gasteiger partial charge in [0.1, 0.15) is 24.4 Å². The van der Waals surface area contributed by atoms with E-state index in [2.05, 4.69) is 0 Å². The minimum absolute atomic E-state index is 0.0710. The van der Waals surface area contributed by atoms with E-state index >= 15 is 0 Å². The molecule has 2 heterocycles. The van der Waals surface area contributed by atoms with Crippen LogP contribution < -0.4 is 0 Å². The van der Waals surface area contributed by atoms with Crippen LogP contribution in [0.5, 0.6) is 0 Å². The summed E-state index contributed by atoms with van der Waals surface area (Å²) >= 11 is 11.9.